The van der Waals surface area contributed by atoms with Crippen molar-refractivity contribution in [2.24, 2.45) is 5.92 Å². The van der Waals surface area contributed by atoms with Gasteiger partial charge in [-0.2, -0.15) is 0 Å². The molecular weight excluding hydrogens is 434 g/mol. The highest BCUT2D eigenvalue weighted by atomic mass is 16.5. The number of carbonyl (C=O) groups excluding carboxylic acids is 1. The van der Waals surface area contributed by atoms with Gasteiger partial charge in [-0.3, -0.25) is 0 Å². The Morgan fingerprint density at radius 1 is 0.829 bits per heavy atom. The van der Waals surface area contributed by atoms with Crippen molar-refractivity contribution in [1.82, 2.24) is 0 Å². The van der Waals surface area contributed by atoms with Crippen LogP contribution in [0.5, 0.6) is 5.75 Å². The maximum absolute atomic E-state index is 11.4. The van der Waals surface area contributed by atoms with Crippen molar-refractivity contribution in [1.29, 1.82) is 0 Å². The summed E-state index contributed by atoms with van der Waals surface area (Å²) in [4.78, 5) is 13.6. The lowest BCUT2D eigenvalue weighted by Crippen LogP contribution is -2.24. The van der Waals surface area contributed by atoms with Gasteiger partial charge in [0.25, 0.3) is 0 Å². The van der Waals surface area contributed by atoms with E-state index in [4.69, 9.17) is 9.47 Å². The number of rotatable bonds is 9. The van der Waals surface area contributed by atoms with E-state index in [1.165, 1.54) is 17.2 Å². The zero-order chi connectivity index (χ0) is 24.6. The monoisotopic (exact) mass is 469 g/mol. The fourth-order valence-electron chi connectivity index (χ4n) is 4.62. The summed E-state index contributed by atoms with van der Waals surface area (Å²) >= 11 is 0. The molecule has 0 aliphatic heterocycles. The number of aryl methyl sites for hydroxylation is 2. The summed E-state index contributed by atoms with van der Waals surface area (Å²) in [6.07, 6.45) is 6.28. The normalized spacial score (nSPS) is 17.4. The van der Waals surface area contributed by atoms with Crippen LogP contribution in [0.1, 0.15) is 43.2 Å². The highest BCUT2D eigenvalue weighted by molar-refractivity contribution is 5.81. The quantitative estimate of drug-likeness (QED) is 0.236. The summed E-state index contributed by atoms with van der Waals surface area (Å²) in [5, 5.41) is 0. The van der Waals surface area contributed by atoms with Gasteiger partial charge < -0.3 is 14.4 Å². The third-order valence-corrected chi connectivity index (χ3v) is 6.72. The Morgan fingerprint density at radius 2 is 1.31 bits per heavy atom. The SMILES string of the molecule is C=CC(=O)OC1CCC(CCOc2ccc(N(c3ccc(C)cc3)c3ccc(C)cc3)cc2)CC1. The predicted octanol–water partition coefficient (Wildman–Crippen LogP) is 7.83. The molecule has 0 unspecified atom stereocenters. The molecule has 0 bridgehead atoms. The van der Waals surface area contributed by atoms with Gasteiger partial charge in [0.2, 0.25) is 0 Å². The number of nitrogens with zero attached hydrogens (tertiary/aromatic N) is 1. The van der Waals surface area contributed by atoms with Gasteiger partial charge >= 0.3 is 5.97 Å². The Bertz CT molecular complexity index is 1050. The smallest absolute Gasteiger partial charge is 0.330 e. The Balaban J connectivity index is 1.35. The number of esters is 1. The van der Waals surface area contributed by atoms with Gasteiger partial charge in [0.15, 0.2) is 0 Å². The van der Waals surface area contributed by atoms with Crippen LogP contribution in [-0.2, 0) is 9.53 Å². The molecule has 3 aromatic rings. The van der Waals surface area contributed by atoms with E-state index in [1.54, 1.807) is 0 Å². The summed E-state index contributed by atoms with van der Waals surface area (Å²) in [6, 6.07) is 25.6. The minimum Gasteiger partial charge on any atom is -0.494 e. The van der Waals surface area contributed by atoms with Crippen molar-refractivity contribution in [3.05, 3.63) is 96.6 Å². The van der Waals surface area contributed by atoms with E-state index in [0.29, 0.717) is 12.5 Å². The van der Waals surface area contributed by atoms with Crippen LogP contribution in [-0.4, -0.2) is 18.7 Å². The standard InChI is InChI=1S/C31H35NO3/c1-4-31(33)35-30-17-9-25(10-18-30)21-22-34-29-19-15-28(16-20-29)32(26-11-5-23(2)6-12-26)27-13-7-24(3)8-14-27/h4-8,11-16,19-20,25,30H,1,9-10,17-18,21-22H2,2-3H3. The molecule has 182 valence electrons. The Morgan fingerprint density at radius 3 is 1.80 bits per heavy atom. The topological polar surface area (TPSA) is 38.8 Å². The first-order valence-corrected chi connectivity index (χ1v) is 12.5. The minimum absolute atomic E-state index is 0.0372. The first kappa shape index (κ1) is 24.6. The highest BCUT2D eigenvalue weighted by Gasteiger charge is 2.23. The van der Waals surface area contributed by atoms with Crippen LogP contribution in [0.2, 0.25) is 0 Å². The molecule has 0 spiro atoms. The summed E-state index contributed by atoms with van der Waals surface area (Å²) in [7, 11) is 0. The number of anilines is 3. The van der Waals surface area contributed by atoms with Crippen LogP contribution in [0.3, 0.4) is 0 Å². The second-order valence-electron chi connectivity index (χ2n) is 9.42. The van der Waals surface area contributed by atoms with Gasteiger partial charge in [-0.15, -0.1) is 0 Å². The third kappa shape index (κ3) is 6.75. The van der Waals surface area contributed by atoms with Crippen molar-refractivity contribution < 1.29 is 14.3 Å². The first-order valence-electron chi connectivity index (χ1n) is 12.5. The van der Waals surface area contributed by atoms with Gasteiger partial charge in [0.05, 0.1) is 6.61 Å². The second-order valence-corrected chi connectivity index (χ2v) is 9.42. The lowest BCUT2D eigenvalue weighted by Gasteiger charge is -2.28. The average molecular weight is 470 g/mol. The number of hydrogen-bond donors (Lipinski definition) is 0. The number of carbonyl (C=O) groups is 1. The maximum atomic E-state index is 11.4. The van der Waals surface area contributed by atoms with E-state index >= 15 is 0 Å². The summed E-state index contributed by atoms with van der Waals surface area (Å²) in [5.41, 5.74) is 5.84. The number of ether oxygens (including phenoxy) is 2. The van der Waals surface area contributed by atoms with Gasteiger partial charge in [-0.1, -0.05) is 42.0 Å². The molecule has 4 nitrogen and oxygen atoms in total. The van der Waals surface area contributed by atoms with E-state index in [2.05, 4.69) is 98.1 Å². The fraction of sp³-hybridized carbons (Fsp3) is 0.323. The molecule has 0 aromatic heterocycles. The molecule has 0 heterocycles. The molecule has 0 N–H and O–H groups in total. The molecule has 1 aliphatic rings. The summed E-state index contributed by atoms with van der Waals surface area (Å²) < 4.78 is 11.5. The van der Waals surface area contributed by atoms with Gasteiger partial charge in [0, 0.05) is 23.1 Å². The molecule has 0 radical (unpaired) electrons. The van der Waals surface area contributed by atoms with Crippen LogP contribution < -0.4 is 9.64 Å². The Hall–Kier alpha value is -3.53. The van der Waals surface area contributed by atoms with Crippen molar-refractivity contribution in [2.45, 2.75) is 52.1 Å². The van der Waals surface area contributed by atoms with Crippen LogP contribution >= 0.6 is 0 Å². The summed E-state index contributed by atoms with van der Waals surface area (Å²) in [6.45, 7) is 8.38. The van der Waals surface area contributed by atoms with Crippen molar-refractivity contribution >= 4 is 23.0 Å². The lowest BCUT2D eigenvalue weighted by atomic mass is 9.85. The predicted molar refractivity (Wildman–Crippen MR) is 143 cm³/mol. The minimum atomic E-state index is -0.316. The molecule has 0 atom stereocenters. The lowest BCUT2D eigenvalue weighted by molar-refractivity contribution is -0.144. The number of hydrogen-bond acceptors (Lipinski definition) is 4. The highest BCUT2D eigenvalue weighted by Crippen LogP contribution is 2.35. The maximum Gasteiger partial charge on any atom is 0.330 e. The molecule has 4 rings (SSSR count). The van der Waals surface area contributed by atoms with Gasteiger partial charge in [-0.25, -0.2) is 4.79 Å². The largest absolute Gasteiger partial charge is 0.494 e. The van der Waals surface area contributed by atoms with Crippen LogP contribution in [0.4, 0.5) is 17.1 Å². The molecule has 1 aliphatic carbocycles. The molecule has 0 saturated heterocycles. The molecule has 0 amide bonds. The van der Waals surface area contributed by atoms with Gasteiger partial charge in [-0.05, 0) is 100 Å². The second kappa shape index (κ2) is 11.7. The van der Waals surface area contributed by atoms with Crippen molar-refractivity contribution in [3.8, 4) is 5.75 Å². The third-order valence-electron chi connectivity index (χ3n) is 6.72. The van der Waals surface area contributed by atoms with E-state index < -0.39 is 0 Å². The zero-order valence-electron chi connectivity index (χ0n) is 20.8. The zero-order valence-corrected chi connectivity index (χ0v) is 20.8. The van der Waals surface area contributed by atoms with E-state index in [0.717, 1.165) is 54.9 Å². The van der Waals surface area contributed by atoms with E-state index in [1.807, 2.05) is 0 Å². The van der Waals surface area contributed by atoms with Crippen molar-refractivity contribution in [3.63, 3.8) is 0 Å². The Labute approximate surface area is 209 Å². The summed E-state index contributed by atoms with van der Waals surface area (Å²) in [5.74, 6) is 1.19. The van der Waals surface area contributed by atoms with Crippen molar-refractivity contribution in [2.75, 3.05) is 11.5 Å². The average Bonchev–Trinajstić information content (AvgIpc) is 2.88. The van der Waals surface area contributed by atoms with Crippen LogP contribution in [0.25, 0.3) is 0 Å². The number of benzene rings is 3. The fourth-order valence-corrected chi connectivity index (χ4v) is 4.62. The Kier molecular flexibility index (Phi) is 8.25. The molecule has 35 heavy (non-hydrogen) atoms. The van der Waals surface area contributed by atoms with Crippen LogP contribution in [0, 0.1) is 19.8 Å². The molecular formula is C31H35NO3. The first-order chi connectivity index (χ1) is 17.0. The van der Waals surface area contributed by atoms with Gasteiger partial charge in [0.1, 0.15) is 11.9 Å². The molecule has 4 heteroatoms. The molecule has 1 fully saturated rings. The molecule has 3 aromatic carbocycles. The van der Waals surface area contributed by atoms with Crippen LogP contribution in [0.15, 0.2) is 85.5 Å². The van der Waals surface area contributed by atoms with E-state index in [9.17, 15) is 4.79 Å². The molecule has 1 saturated carbocycles. The van der Waals surface area contributed by atoms with E-state index in [-0.39, 0.29) is 12.1 Å².